The van der Waals surface area contributed by atoms with Gasteiger partial charge in [-0.05, 0) is 55.3 Å². The van der Waals surface area contributed by atoms with Crippen LogP contribution >= 0.6 is 22.9 Å². The van der Waals surface area contributed by atoms with E-state index in [1.807, 2.05) is 19.9 Å². The predicted octanol–water partition coefficient (Wildman–Crippen LogP) is 7.10. The van der Waals surface area contributed by atoms with Crippen molar-refractivity contribution in [1.29, 1.82) is 0 Å². The lowest BCUT2D eigenvalue weighted by Crippen LogP contribution is -2.45. The van der Waals surface area contributed by atoms with Crippen molar-refractivity contribution in [3.05, 3.63) is 76.3 Å². The number of carboxylic acid groups (broad SMARTS) is 1. The Balaban J connectivity index is 1.37. The molecule has 0 saturated carbocycles. The molecule has 3 aromatic heterocycles. The van der Waals surface area contributed by atoms with Crippen LogP contribution in [0.15, 0.2) is 47.1 Å². The molecule has 0 bridgehead atoms. The molecule has 1 atom stereocenters. The van der Waals surface area contributed by atoms with Crippen LogP contribution in [-0.2, 0) is 22.4 Å². The number of carbonyl (C=O) groups is 1. The molecule has 11 nitrogen and oxygen atoms in total. The van der Waals surface area contributed by atoms with Gasteiger partial charge in [0.2, 0.25) is 12.0 Å². The third-order valence-corrected chi connectivity index (χ3v) is 10.6. The number of aliphatic carboxylic acids is 1. The van der Waals surface area contributed by atoms with Gasteiger partial charge in [0.1, 0.15) is 29.3 Å². The molecule has 0 unspecified atom stereocenters. The second-order valence-corrected chi connectivity index (χ2v) is 13.8. The number of halogens is 3. The molecule has 5 aromatic rings. The molecule has 1 aliphatic heterocycles. The lowest BCUT2D eigenvalue weighted by Gasteiger charge is -2.32. The van der Waals surface area contributed by atoms with E-state index >= 15 is 0 Å². The number of nitrogens with zero attached hydrogens (tertiary/aromatic N) is 4. The second-order valence-electron chi connectivity index (χ2n) is 12.4. The summed E-state index contributed by atoms with van der Waals surface area (Å²) in [5, 5.41) is 11.2. The van der Waals surface area contributed by atoms with E-state index in [0.29, 0.717) is 66.7 Å². The standard InChI is InChI=1S/C37H39ClF2N4O7S/c1-5-23-22(6-8-25(39)33(23)49-20-47-4)18-28(37(45)46)51-35-31-30(34(27-10-11-29(40)50-27)52-36(31)42-19-41-35)24-7-9-26(32(38)21(24)2)48-17-16-44-14-12-43(3)13-15-44/h6-11,19,28H,5,12-18,20H2,1-4H3,(H,45,46)/t28-/m1/s1. The monoisotopic (exact) mass is 756 g/mol. The highest BCUT2D eigenvalue weighted by atomic mass is 35.5. The van der Waals surface area contributed by atoms with Crippen LogP contribution in [0.5, 0.6) is 17.4 Å². The summed E-state index contributed by atoms with van der Waals surface area (Å²) in [7, 11) is 3.53. The van der Waals surface area contributed by atoms with Crippen molar-refractivity contribution < 1.29 is 42.0 Å². The van der Waals surface area contributed by atoms with E-state index in [2.05, 4.69) is 26.8 Å². The molecule has 6 rings (SSSR count). The van der Waals surface area contributed by atoms with Crippen molar-refractivity contribution in [2.24, 2.45) is 0 Å². The second kappa shape index (κ2) is 16.6. The smallest absolute Gasteiger partial charge is 0.345 e. The van der Waals surface area contributed by atoms with Crippen molar-refractivity contribution in [3.8, 4) is 39.1 Å². The number of hydrogen-bond acceptors (Lipinski definition) is 11. The van der Waals surface area contributed by atoms with Gasteiger partial charge in [-0.3, -0.25) is 4.90 Å². The fourth-order valence-corrected chi connectivity index (χ4v) is 7.60. The van der Waals surface area contributed by atoms with Crippen LogP contribution in [0.4, 0.5) is 8.78 Å². The maximum absolute atomic E-state index is 14.7. The number of aromatic nitrogens is 2. The van der Waals surface area contributed by atoms with Crippen LogP contribution in [0, 0.1) is 18.8 Å². The summed E-state index contributed by atoms with van der Waals surface area (Å²) >= 11 is 8.15. The lowest BCUT2D eigenvalue weighted by atomic mass is 9.97. The molecule has 276 valence electrons. The van der Waals surface area contributed by atoms with Crippen molar-refractivity contribution in [2.45, 2.75) is 32.8 Å². The summed E-state index contributed by atoms with van der Waals surface area (Å²) in [5.74, 6) is -1.12. The number of methoxy groups -OCH3 is 1. The zero-order valence-electron chi connectivity index (χ0n) is 29.2. The SMILES string of the molecule is CCc1c(C[C@@H](Oc2ncnc3sc(-c4ccc(F)o4)c(-c4ccc(OCCN5CCN(C)CC5)c(Cl)c4C)c23)C(=O)O)ccc(F)c1OCOC. The van der Waals surface area contributed by atoms with Gasteiger partial charge in [0.25, 0.3) is 6.01 Å². The van der Waals surface area contributed by atoms with Crippen LogP contribution < -0.4 is 14.2 Å². The average Bonchev–Trinajstić information content (AvgIpc) is 3.74. The summed E-state index contributed by atoms with van der Waals surface area (Å²) in [6.45, 7) is 8.64. The van der Waals surface area contributed by atoms with E-state index in [0.717, 1.165) is 32.7 Å². The number of carboxylic acids is 1. The van der Waals surface area contributed by atoms with Gasteiger partial charge in [-0.15, -0.1) is 11.3 Å². The number of likely N-dealkylation sites (N-methyl/N-ethyl adjacent to an activating group) is 1. The normalized spacial score (nSPS) is 14.5. The molecule has 1 fully saturated rings. The largest absolute Gasteiger partial charge is 0.491 e. The topological polar surface area (TPSA) is 120 Å². The maximum atomic E-state index is 14.7. The predicted molar refractivity (Wildman–Crippen MR) is 194 cm³/mol. The van der Waals surface area contributed by atoms with Gasteiger partial charge in [-0.25, -0.2) is 19.2 Å². The van der Waals surface area contributed by atoms with Gasteiger partial charge in [0.15, 0.2) is 18.4 Å². The Bertz CT molecular complexity index is 2050. The van der Waals surface area contributed by atoms with Gasteiger partial charge >= 0.3 is 5.97 Å². The van der Waals surface area contributed by atoms with Crippen LogP contribution in [-0.4, -0.2) is 97.2 Å². The molecular formula is C37H39ClF2N4O7S. The Hall–Kier alpha value is -4.34. The average molecular weight is 757 g/mol. The fourth-order valence-electron chi connectivity index (χ4n) is 6.27. The van der Waals surface area contributed by atoms with E-state index in [1.165, 1.54) is 49.0 Å². The van der Waals surface area contributed by atoms with Gasteiger partial charge in [0.05, 0.1) is 15.3 Å². The van der Waals surface area contributed by atoms with E-state index in [4.69, 9.17) is 35.0 Å². The summed E-state index contributed by atoms with van der Waals surface area (Å²) < 4.78 is 57.2. The highest BCUT2D eigenvalue weighted by Crippen LogP contribution is 2.49. The highest BCUT2D eigenvalue weighted by molar-refractivity contribution is 7.22. The molecule has 1 saturated heterocycles. The molecule has 4 heterocycles. The molecule has 15 heteroatoms. The third-order valence-electron chi connectivity index (χ3n) is 9.05. The first-order valence-corrected chi connectivity index (χ1v) is 18.0. The molecule has 0 radical (unpaired) electrons. The lowest BCUT2D eigenvalue weighted by molar-refractivity contribution is -0.145. The van der Waals surface area contributed by atoms with Crippen molar-refractivity contribution >= 4 is 39.1 Å². The number of hydrogen-bond donors (Lipinski definition) is 1. The molecule has 0 spiro atoms. The quantitative estimate of drug-likeness (QED) is 0.110. The van der Waals surface area contributed by atoms with Crippen LogP contribution in [0.2, 0.25) is 5.02 Å². The number of furan rings is 1. The van der Waals surface area contributed by atoms with Gasteiger partial charge in [-0.1, -0.05) is 30.7 Å². The Labute approximate surface area is 308 Å². The number of thiophene rings is 1. The Morgan fingerprint density at radius 1 is 1.10 bits per heavy atom. The summed E-state index contributed by atoms with van der Waals surface area (Å²) in [6.07, 6.45) is 0.0620. The van der Waals surface area contributed by atoms with Crippen molar-refractivity contribution in [1.82, 2.24) is 19.8 Å². The summed E-state index contributed by atoms with van der Waals surface area (Å²) in [5.41, 5.74) is 2.86. The van der Waals surface area contributed by atoms with E-state index < -0.39 is 23.9 Å². The molecular weight excluding hydrogens is 718 g/mol. The van der Waals surface area contributed by atoms with Crippen molar-refractivity contribution in [2.75, 3.05) is 60.3 Å². The number of benzene rings is 2. The summed E-state index contributed by atoms with van der Waals surface area (Å²) in [4.78, 5) is 27.2. The Morgan fingerprint density at radius 2 is 1.88 bits per heavy atom. The molecule has 1 N–H and O–H groups in total. The third kappa shape index (κ3) is 8.01. The highest BCUT2D eigenvalue weighted by Gasteiger charge is 2.29. The van der Waals surface area contributed by atoms with Gasteiger partial charge in [-0.2, -0.15) is 4.39 Å². The van der Waals surface area contributed by atoms with Crippen molar-refractivity contribution in [3.63, 3.8) is 0 Å². The summed E-state index contributed by atoms with van der Waals surface area (Å²) in [6, 6.07) is 8.30. The maximum Gasteiger partial charge on any atom is 0.345 e. The molecule has 1 aliphatic rings. The Morgan fingerprint density at radius 3 is 2.58 bits per heavy atom. The zero-order valence-corrected chi connectivity index (χ0v) is 30.8. The molecule has 0 amide bonds. The number of fused-ring (bicyclic) bond motifs is 1. The molecule has 52 heavy (non-hydrogen) atoms. The van der Waals surface area contributed by atoms with Crippen LogP contribution in [0.3, 0.4) is 0 Å². The Kier molecular flexibility index (Phi) is 11.9. The van der Waals surface area contributed by atoms with E-state index in [-0.39, 0.29) is 30.6 Å². The minimum atomic E-state index is -1.44. The first kappa shape index (κ1) is 37.4. The molecule has 0 aliphatic carbocycles. The van der Waals surface area contributed by atoms with Crippen LogP contribution in [0.25, 0.3) is 32.0 Å². The molecule has 2 aromatic carbocycles. The first-order valence-electron chi connectivity index (χ1n) is 16.8. The van der Waals surface area contributed by atoms with Gasteiger partial charge in [0, 0.05) is 63.4 Å². The number of ether oxygens (including phenoxy) is 4. The van der Waals surface area contributed by atoms with E-state index in [9.17, 15) is 18.7 Å². The van der Waals surface area contributed by atoms with E-state index in [1.54, 1.807) is 6.07 Å². The number of rotatable bonds is 15. The first-order chi connectivity index (χ1) is 25.1. The van der Waals surface area contributed by atoms with Gasteiger partial charge < -0.3 is 33.4 Å². The minimum Gasteiger partial charge on any atom is -0.491 e. The zero-order chi connectivity index (χ0) is 36.9. The minimum absolute atomic E-state index is 0.00929. The van der Waals surface area contributed by atoms with Crippen LogP contribution in [0.1, 0.15) is 23.6 Å². The fraction of sp³-hybridized carbons (Fsp3) is 0.378. The number of piperazine rings is 1.